The average Bonchev–Trinajstić information content (AvgIpc) is 2.46. The Hall–Kier alpha value is -1.79. The molecule has 122 valence electrons. The first-order valence-corrected chi connectivity index (χ1v) is 7.28. The van der Waals surface area contributed by atoms with Crippen LogP contribution < -0.4 is 10.1 Å². The third-order valence-corrected chi connectivity index (χ3v) is 3.13. The molecular formula is C15H21ClN2O4. The zero-order valence-corrected chi connectivity index (χ0v) is 13.9. The molecular weight excluding hydrogens is 308 g/mol. The number of halogens is 1. The topological polar surface area (TPSA) is 67.9 Å². The Labute approximate surface area is 135 Å². The van der Waals surface area contributed by atoms with E-state index >= 15 is 0 Å². The first-order valence-electron chi connectivity index (χ1n) is 6.90. The number of carbonyl (C=O) groups is 2. The van der Waals surface area contributed by atoms with Crippen LogP contribution in [0, 0.1) is 0 Å². The first-order chi connectivity index (χ1) is 10.3. The second kappa shape index (κ2) is 8.60. The van der Waals surface area contributed by atoms with Crippen LogP contribution in [0.25, 0.3) is 0 Å². The largest absolute Gasteiger partial charge is 0.482 e. The highest BCUT2D eigenvalue weighted by molar-refractivity contribution is 6.32. The summed E-state index contributed by atoms with van der Waals surface area (Å²) in [5.41, 5.74) is 0.535. The van der Waals surface area contributed by atoms with E-state index in [2.05, 4.69) is 5.32 Å². The molecule has 0 aromatic heterocycles. The van der Waals surface area contributed by atoms with Gasteiger partial charge in [-0.1, -0.05) is 11.6 Å². The number of likely N-dealkylation sites (N-methyl/N-ethyl adjacent to an activating group) is 1. The lowest BCUT2D eigenvalue weighted by Gasteiger charge is -2.14. The Morgan fingerprint density at radius 1 is 1.36 bits per heavy atom. The summed E-state index contributed by atoms with van der Waals surface area (Å²) in [6.45, 7) is 3.86. The highest BCUT2D eigenvalue weighted by Crippen LogP contribution is 2.27. The van der Waals surface area contributed by atoms with E-state index in [0.29, 0.717) is 23.1 Å². The molecule has 2 amide bonds. The van der Waals surface area contributed by atoms with Crippen molar-refractivity contribution in [3.63, 3.8) is 0 Å². The van der Waals surface area contributed by atoms with Gasteiger partial charge in [0, 0.05) is 26.4 Å². The quantitative estimate of drug-likeness (QED) is 0.833. The van der Waals surface area contributed by atoms with Gasteiger partial charge in [-0.3, -0.25) is 9.59 Å². The van der Waals surface area contributed by atoms with E-state index in [-0.39, 0.29) is 18.4 Å². The molecule has 0 unspecified atom stereocenters. The van der Waals surface area contributed by atoms with Gasteiger partial charge in [-0.2, -0.15) is 0 Å². The SMILES string of the molecule is CCO[C@H](C)C(=O)Nc1ccc(OCC(=O)N(C)C)c(Cl)c1. The van der Waals surface area contributed by atoms with E-state index in [1.165, 1.54) is 4.90 Å². The van der Waals surface area contributed by atoms with Crippen molar-refractivity contribution in [2.24, 2.45) is 0 Å². The Morgan fingerprint density at radius 2 is 2.05 bits per heavy atom. The van der Waals surface area contributed by atoms with Crippen LogP contribution in [0.1, 0.15) is 13.8 Å². The van der Waals surface area contributed by atoms with Crippen molar-refractivity contribution in [1.82, 2.24) is 4.90 Å². The lowest BCUT2D eigenvalue weighted by atomic mass is 10.2. The maximum atomic E-state index is 11.8. The van der Waals surface area contributed by atoms with Gasteiger partial charge in [0.05, 0.1) is 5.02 Å². The molecule has 1 aromatic rings. The summed E-state index contributed by atoms with van der Waals surface area (Å²) in [6.07, 6.45) is -0.544. The Bertz CT molecular complexity index is 534. The molecule has 1 aromatic carbocycles. The summed E-state index contributed by atoms with van der Waals surface area (Å²) in [5, 5.41) is 3.01. The summed E-state index contributed by atoms with van der Waals surface area (Å²) in [6, 6.07) is 4.82. The third kappa shape index (κ3) is 5.54. The number of hydrogen-bond donors (Lipinski definition) is 1. The highest BCUT2D eigenvalue weighted by Gasteiger charge is 2.14. The van der Waals surface area contributed by atoms with Crippen molar-refractivity contribution >= 4 is 29.1 Å². The van der Waals surface area contributed by atoms with Crippen LogP contribution >= 0.6 is 11.6 Å². The zero-order valence-electron chi connectivity index (χ0n) is 13.2. The second-order valence-corrected chi connectivity index (χ2v) is 5.22. The number of nitrogens with zero attached hydrogens (tertiary/aromatic N) is 1. The smallest absolute Gasteiger partial charge is 0.259 e. The average molecular weight is 329 g/mol. The molecule has 0 saturated heterocycles. The van der Waals surface area contributed by atoms with Crippen LogP contribution in [0.15, 0.2) is 18.2 Å². The van der Waals surface area contributed by atoms with E-state index in [4.69, 9.17) is 21.1 Å². The molecule has 1 rings (SSSR count). The molecule has 0 bridgehead atoms. The van der Waals surface area contributed by atoms with Gasteiger partial charge in [0.2, 0.25) is 0 Å². The van der Waals surface area contributed by atoms with Gasteiger partial charge >= 0.3 is 0 Å². The molecule has 6 nitrogen and oxygen atoms in total. The van der Waals surface area contributed by atoms with Crippen LogP contribution in [0.5, 0.6) is 5.75 Å². The predicted octanol–water partition coefficient (Wildman–Crippen LogP) is 2.17. The molecule has 0 aliphatic rings. The van der Waals surface area contributed by atoms with E-state index in [1.807, 2.05) is 6.92 Å². The van der Waals surface area contributed by atoms with Gasteiger partial charge in [-0.25, -0.2) is 0 Å². The minimum atomic E-state index is -0.544. The Balaban J connectivity index is 2.65. The minimum Gasteiger partial charge on any atom is -0.482 e. The monoisotopic (exact) mass is 328 g/mol. The summed E-state index contributed by atoms with van der Waals surface area (Å²) in [5.74, 6) is -0.0407. The maximum Gasteiger partial charge on any atom is 0.259 e. The number of carbonyl (C=O) groups excluding carboxylic acids is 2. The van der Waals surface area contributed by atoms with Gasteiger partial charge < -0.3 is 19.7 Å². The maximum absolute atomic E-state index is 11.8. The molecule has 0 aliphatic carbocycles. The summed E-state index contributed by atoms with van der Waals surface area (Å²) in [4.78, 5) is 24.7. The van der Waals surface area contributed by atoms with Crippen LogP contribution in [0.3, 0.4) is 0 Å². The van der Waals surface area contributed by atoms with Crippen LogP contribution in [-0.4, -0.2) is 50.1 Å². The van der Waals surface area contributed by atoms with Crippen molar-refractivity contribution in [2.45, 2.75) is 20.0 Å². The normalized spacial score (nSPS) is 11.7. The van der Waals surface area contributed by atoms with Crippen molar-refractivity contribution in [1.29, 1.82) is 0 Å². The van der Waals surface area contributed by atoms with Crippen molar-refractivity contribution in [2.75, 3.05) is 32.6 Å². The number of nitrogens with one attached hydrogen (secondary N) is 1. The molecule has 7 heteroatoms. The molecule has 0 radical (unpaired) electrons. The molecule has 1 atom stereocenters. The Morgan fingerprint density at radius 3 is 2.59 bits per heavy atom. The highest BCUT2D eigenvalue weighted by atomic mass is 35.5. The molecule has 0 saturated carbocycles. The summed E-state index contributed by atoms with van der Waals surface area (Å²) < 4.78 is 10.6. The molecule has 1 N–H and O–H groups in total. The zero-order chi connectivity index (χ0) is 16.7. The summed E-state index contributed by atoms with van der Waals surface area (Å²) in [7, 11) is 3.29. The predicted molar refractivity (Wildman–Crippen MR) is 85.4 cm³/mol. The van der Waals surface area contributed by atoms with Gasteiger partial charge in [-0.05, 0) is 32.0 Å². The molecule has 0 fully saturated rings. The minimum absolute atomic E-state index is 0.0974. The van der Waals surface area contributed by atoms with Crippen molar-refractivity contribution in [3.8, 4) is 5.75 Å². The number of rotatable bonds is 7. The molecule has 22 heavy (non-hydrogen) atoms. The fraction of sp³-hybridized carbons (Fsp3) is 0.467. The van der Waals surface area contributed by atoms with Gasteiger partial charge in [0.25, 0.3) is 11.8 Å². The fourth-order valence-electron chi connectivity index (χ4n) is 1.53. The van der Waals surface area contributed by atoms with Gasteiger partial charge in [-0.15, -0.1) is 0 Å². The fourth-order valence-corrected chi connectivity index (χ4v) is 1.77. The number of hydrogen-bond acceptors (Lipinski definition) is 4. The molecule has 0 aliphatic heterocycles. The lowest BCUT2D eigenvalue weighted by molar-refractivity contribution is -0.130. The van der Waals surface area contributed by atoms with E-state index in [1.54, 1.807) is 39.2 Å². The van der Waals surface area contributed by atoms with E-state index < -0.39 is 6.10 Å². The Kier molecular flexibility index (Phi) is 7.14. The van der Waals surface area contributed by atoms with Gasteiger partial charge in [0.15, 0.2) is 6.61 Å². The number of amides is 2. The number of benzene rings is 1. The number of anilines is 1. The second-order valence-electron chi connectivity index (χ2n) is 4.81. The molecule has 0 heterocycles. The van der Waals surface area contributed by atoms with E-state index in [0.717, 1.165) is 0 Å². The standard InChI is InChI=1S/C15H21ClN2O4/c1-5-21-10(2)15(20)17-11-6-7-13(12(16)8-11)22-9-14(19)18(3)4/h6-8,10H,5,9H2,1-4H3,(H,17,20)/t10-/m1/s1. The lowest BCUT2D eigenvalue weighted by Crippen LogP contribution is -2.28. The van der Waals surface area contributed by atoms with Gasteiger partial charge in [0.1, 0.15) is 11.9 Å². The first kappa shape index (κ1) is 18.3. The third-order valence-electron chi connectivity index (χ3n) is 2.84. The molecule has 0 spiro atoms. The number of ether oxygens (including phenoxy) is 2. The van der Waals surface area contributed by atoms with Crippen LogP contribution in [-0.2, 0) is 14.3 Å². The van der Waals surface area contributed by atoms with E-state index in [9.17, 15) is 9.59 Å². The van der Waals surface area contributed by atoms with Crippen LogP contribution in [0.4, 0.5) is 5.69 Å². The van der Waals surface area contributed by atoms with Crippen molar-refractivity contribution < 1.29 is 19.1 Å². The van der Waals surface area contributed by atoms with Crippen molar-refractivity contribution in [3.05, 3.63) is 23.2 Å². The van der Waals surface area contributed by atoms with Crippen LogP contribution in [0.2, 0.25) is 5.02 Å². The summed E-state index contributed by atoms with van der Waals surface area (Å²) >= 11 is 6.08.